The fourth-order valence-corrected chi connectivity index (χ4v) is 2.28. The number of hydrogen-bond acceptors (Lipinski definition) is 2. The summed E-state index contributed by atoms with van der Waals surface area (Å²) in [6, 6.07) is 1.23. The van der Waals surface area contributed by atoms with Crippen LogP contribution in [0.3, 0.4) is 0 Å². The van der Waals surface area contributed by atoms with E-state index in [0.29, 0.717) is 18.7 Å². The summed E-state index contributed by atoms with van der Waals surface area (Å²) in [6.45, 7) is 7.33. The summed E-state index contributed by atoms with van der Waals surface area (Å²) in [6.07, 6.45) is 6.71. The van der Waals surface area contributed by atoms with Crippen molar-refractivity contribution in [1.29, 1.82) is 0 Å². The van der Waals surface area contributed by atoms with Crippen molar-refractivity contribution in [3.8, 4) is 0 Å². The van der Waals surface area contributed by atoms with Crippen molar-refractivity contribution in [1.82, 2.24) is 4.90 Å². The van der Waals surface area contributed by atoms with Gasteiger partial charge in [0.05, 0.1) is 0 Å². The van der Waals surface area contributed by atoms with Crippen LogP contribution >= 0.6 is 0 Å². The number of rotatable bonds is 4. The van der Waals surface area contributed by atoms with Gasteiger partial charge < -0.3 is 5.11 Å². The number of piperidine rings is 1. The summed E-state index contributed by atoms with van der Waals surface area (Å²) in [7, 11) is 0. The predicted octanol–water partition coefficient (Wildman–Crippen LogP) is 1.80. The molecule has 0 radical (unpaired) electrons. The molecule has 2 nitrogen and oxygen atoms in total. The topological polar surface area (TPSA) is 23.5 Å². The van der Waals surface area contributed by atoms with Gasteiger partial charge in [-0.1, -0.05) is 12.5 Å². The van der Waals surface area contributed by atoms with Gasteiger partial charge in [-0.15, -0.1) is 6.58 Å². The van der Waals surface area contributed by atoms with E-state index in [1.165, 1.54) is 19.3 Å². The molecule has 1 aliphatic heterocycles. The number of nitrogens with zero attached hydrogens (tertiary/aromatic N) is 1. The third-order valence-electron chi connectivity index (χ3n) is 3.00. The first-order valence-corrected chi connectivity index (χ1v) is 5.27. The van der Waals surface area contributed by atoms with Gasteiger partial charge in [-0.3, -0.25) is 4.90 Å². The van der Waals surface area contributed by atoms with Crippen LogP contribution in [0.2, 0.25) is 0 Å². The predicted molar refractivity (Wildman–Crippen MR) is 55.7 cm³/mol. The van der Waals surface area contributed by atoms with E-state index in [1.54, 1.807) is 0 Å². The molecule has 1 fully saturated rings. The SMILES string of the molecule is C=CCN1[C@@H](CCO)CCC[C@H]1C. The lowest BCUT2D eigenvalue weighted by Crippen LogP contribution is -2.45. The second kappa shape index (κ2) is 5.40. The molecular weight excluding hydrogens is 162 g/mol. The highest BCUT2D eigenvalue weighted by atomic mass is 16.3. The van der Waals surface area contributed by atoms with Gasteiger partial charge in [0.15, 0.2) is 0 Å². The first kappa shape index (κ1) is 10.7. The zero-order chi connectivity index (χ0) is 9.68. The highest BCUT2D eigenvalue weighted by Crippen LogP contribution is 2.24. The molecule has 1 saturated heterocycles. The maximum Gasteiger partial charge on any atom is 0.0445 e. The van der Waals surface area contributed by atoms with E-state index in [2.05, 4.69) is 18.4 Å². The molecule has 2 heteroatoms. The van der Waals surface area contributed by atoms with E-state index in [1.807, 2.05) is 6.08 Å². The Morgan fingerprint density at radius 2 is 2.31 bits per heavy atom. The molecule has 0 aromatic heterocycles. The molecule has 2 atom stereocenters. The van der Waals surface area contributed by atoms with Crippen LogP contribution in [0, 0.1) is 0 Å². The second-order valence-corrected chi connectivity index (χ2v) is 3.93. The monoisotopic (exact) mass is 183 g/mol. The van der Waals surface area contributed by atoms with Gasteiger partial charge in [0, 0.05) is 25.2 Å². The maximum absolute atomic E-state index is 8.94. The Kier molecular flexibility index (Phi) is 4.46. The normalized spacial score (nSPS) is 30.3. The van der Waals surface area contributed by atoms with E-state index in [0.717, 1.165) is 13.0 Å². The lowest BCUT2D eigenvalue weighted by Gasteiger charge is -2.40. The summed E-state index contributed by atoms with van der Waals surface area (Å²) in [5.74, 6) is 0. The summed E-state index contributed by atoms with van der Waals surface area (Å²) in [4.78, 5) is 2.46. The molecule has 0 amide bonds. The molecule has 1 aliphatic rings. The van der Waals surface area contributed by atoms with Crippen molar-refractivity contribution in [3.05, 3.63) is 12.7 Å². The van der Waals surface area contributed by atoms with Gasteiger partial charge in [-0.2, -0.15) is 0 Å². The maximum atomic E-state index is 8.94. The van der Waals surface area contributed by atoms with Crippen LogP contribution in [0.25, 0.3) is 0 Å². The summed E-state index contributed by atoms with van der Waals surface area (Å²) >= 11 is 0. The second-order valence-electron chi connectivity index (χ2n) is 3.93. The van der Waals surface area contributed by atoms with Crippen LogP contribution in [-0.4, -0.2) is 35.2 Å². The standard InChI is InChI=1S/C11H21NO/c1-3-8-12-10(2)5-4-6-11(12)7-9-13/h3,10-11,13H,1,4-9H2,2H3/t10-,11-/m1/s1. The highest BCUT2D eigenvalue weighted by molar-refractivity contribution is 4.86. The van der Waals surface area contributed by atoms with E-state index in [-0.39, 0.29) is 0 Å². The number of likely N-dealkylation sites (tertiary alicyclic amines) is 1. The van der Waals surface area contributed by atoms with Crippen molar-refractivity contribution in [2.75, 3.05) is 13.2 Å². The lowest BCUT2D eigenvalue weighted by molar-refractivity contribution is 0.0866. The van der Waals surface area contributed by atoms with Crippen LogP contribution in [0.4, 0.5) is 0 Å². The minimum atomic E-state index is 0.311. The van der Waals surface area contributed by atoms with Gasteiger partial charge in [-0.25, -0.2) is 0 Å². The van der Waals surface area contributed by atoms with Crippen LogP contribution in [0.5, 0.6) is 0 Å². The summed E-state index contributed by atoms with van der Waals surface area (Å²) in [5, 5.41) is 8.94. The minimum Gasteiger partial charge on any atom is -0.396 e. The Labute approximate surface area is 81.2 Å². The van der Waals surface area contributed by atoms with Crippen LogP contribution in [-0.2, 0) is 0 Å². The van der Waals surface area contributed by atoms with Crippen LogP contribution in [0.15, 0.2) is 12.7 Å². The lowest BCUT2D eigenvalue weighted by atomic mass is 9.94. The van der Waals surface area contributed by atoms with E-state index in [9.17, 15) is 0 Å². The Hall–Kier alpha value is -0.340. The van der Waals surface area contributed by atoms with Crippen LogP contribution in [0.1, 0.15) is 32.6 Å². The molecule has 0 bridgehead atoms. The van der Waals surface area contributed by atoms with Crippen molar-refractivity contribution in [3.63, 3.8) is 0 Å². The zero-order valence-corrected chi connectivity index (χ0v) is 8.58. The van der Waals surface area contributed by atoms with Crippen LogP contribution < -0.4 is 0 Å². The van der Waals surface area contributed by atoms with Gasteiger partial charge in [0.25, 0.3) is 0 Å². The molecule has 0 unspecified atom stereocenters. The molecule has 76 valence electrons. The average molecular weight is 183 g/mol. The van der Waals surface area contributed by atoms with Gasteiger partial charge >= 0.3 is 0 Å². The van der Waals surface area contributed by atoms with E-state index in [4.69, 9.17) is 5.11 Å². The van der Waals surface area contributed by atoms with Crippen molar-refractivity contribution in [2.24, 2.45) is 0 Å². The molecule has 1 rings (SSSR count). The first-order valence-electron chi connectivity index (χ1n) is 5.27. The zero-order valence-electron chi connectivity index (χ0n) is 8.58. The van der Waals surface area contributed by atoms with Crippen molar-refractivity contribution in [2.45, 2.75) is 44.7 Å². The average Bonchev–Trinajstić information content (AvgIpc) is 2.11. The molecule has 0 spiro atoms. The Morgan fingerprint density at radius 1 is 1.54 bits per heavy atom. The quantitative estimate of drug-likeness (QED) is 0.672. The van der Waals surface area contributed by atoms with Crippen molar-refractivity contribution < 1.29 is 5.11 Å². The Bertz CT molecular complexity index is 156. The van der Waals surface area contributed by atoms with Gasteiger partial charge in [0.2, 0.25) is 0 Å². The number of aliphatic hydroxyl groups is 1. The fourth-order valence-electron chi connectivity index (χ4n) is 2.28. The first-order chi connectivity index (χ1) is 6.29. The summed E-state index contributed by atoms with van der Waals surface area (Å²) in [5.41, 5.74) is 0. The van der Waals surface area contributed by atoms with E-state index < -0.39 is 0 Å². The molecule has 0 aromatic rings. The Morgan fingerprint density at radius 3 is 2.92 bits per heavy atom. The number of aliphatic hydroxyl groups excluding tert-OH is 1. The third-order valence-corrected chi connectivity index (χ3v) is 3.00. The third kappa shape index (κ3) is 2.82. The molecule has 0 aliphatic carbocycles. The van der Waals surface area contributed by atoms with Crippen molar-refractivity contribution >= 4 is 0 Å². The summed E-state index contributed by atoms with van der Waals surface area (Å²) < 4.78 is 0. The highest BCUT2D eigenvalue weighted by Gasteiger charge is 2.25. The molecule has 1 N–H and O–H groups in total. The molecule has 1 heterocycles. The fraction of sp³-hybridized carbons (Fsp3) is 0.818. The van der Waals surface area contributed by atoms with Gasteiger partial charge in [0.1, 0.15) is 0 Å². The molecule has 0 saturated carbocycles. The smallest absolute Gasteiger partial charge is 0.0445 e. The largest absolute Gasteiger partial charge is 0.396 e. The number of hydrogen-bond donors (Lipinski definition) is 1. The van der Waals surface area contributed by atoms with E-state index >= 15 is 0 Å². The molecule has 13 heavy (non-hydrogen) atoms. The molecular formula is C11H21NO. The minimum absolute atomic E-state index is 0.311. The molecule has 0 aromatic carbocycles. The Balaban J connectivity index is 2.50. The van der Waals surface area contributed by atoms with Gasteiger partial charge in [-0.05, 0) is 26.2 Å².